The Morgan fingerprint density at radius 1 is 1.17 bits per heavy atom. The van der Waals surface area contributed by atoms with E-state index in [-0.39, 0.29) is 11.3 Å². The summed E-state index contributed by atoms with van der Waals surface area (Å²) in [5, 5.41) is 2.86. The van der Waals surface area contributed by atoms with Gasteiger partial charge >= 0.3 is 5.76 Å². The number of aromatic nitrogens is 1. The number of benzene rings is 2. The van der Waals surface area contributed by atoms with Crippen LogP contribution in [0, 0.1) is 0 Å². The van der Waals surface area contributed by atoms with Crippen LogP contribution in [0.3, 0.4) is 0 Å². The second kappa shape index (κ2) is 6.35. The molecule has 5 nitrogen and oxygen atoms in total. The molecule has 3 rings (SSSR count). The van der Waals surface area contributed by atoms with Crippen molar-refractivity contribution in [3.05, 3.63) is 64.6 Å². The highest BCUT2D eigenvalue weighted by molar-refractivity contribution is 5.92. The number of fused-ring (bicyclic) bond motifs is 1. The van der Waals surface area contributed by atoms with Crippen LogP contribution < -0.4 is 11.1 Å². The molecule has 24 heavy (non-hydrogen) atoms. The van der Waals surface area contributed by atoms with Gasteiger partial charge in [0.05, 0.1) is 5.52 Å². The molecule has 0 saturated carbocycles. The van der Waals surface area contributed by atoms with Crippen molar-refractivity contribution in [1.29, 1.82) is 0 Å². The van der Waals surface area contributed by atoms with Gasteiger partial charge in [0.15, 0.2) is 5.58 Å². The minimum atomic E-state index is -0.502. The van der Waals surface area contributed by atoms with Crippen LogP contribution in [0.1, 0.15) is 32.3 Å². The molecule has 0 fully saturated rings. The zero-order valence-electron chi connectivity index (χ0n) is 13.8. The third-order valence-corrected chi connectivity index (χ3v) is 4.24. The molecule has 1 amide bonds. The first-order chi connectivity index (χ1) is 11.4. The Bertz CT molecular complexity index is 907. The number of oxazole rings is 1. The lowest BCUT2D eigenvalue weighted by atomic mass is 9.80. The maximum Gasteiger partial charge on any atom is 0.417 e. The lowest BCUT2D eigenvalue weighted by Gasteiger charge is -2.25. The SMILES string of the molecule is CC(C)(CCC(=O)Nc1ccc2oc(=O)[nH]c2c1)c1ccccc1. The molecule has 0 aliphatic heterocycles. The molecule has 0 aliphatic carbocycles. The smallest absolute Gasteiger partial charge is 0.408 e. The predicted octanol–water partition coefficient (Wildman–Crippen LogP) is 3.82. The fourth-order valence-electron chi connectivity index (χ4n) is 2.71. The Labute approximate surface area is 139 Å². The van der Waals surface area contributed by atoms with E-state index in [1.165, 1.54) is 5.56 Å². The molecule has 0 bridgehead atoms. The first-order valence-electron chi connectivity index (χ1n) is 7.92. The van der Waals surface area contributed by atoms with Crippen molar-refractivity contribution < 1.29 is 9.21 Å². The van der Waals surface area contributed by atoms with Gasteiger partial charge in [0.25, 0.3) is 0 Å². The monoisotopic (exact) mass is 324 g/mol. The second-order valence-corrected chi connectivity index (χ2v) is 6.52. The van der Waals surface area contributed by atoms with Gasteiger partial charge in [0, 0.05) is 12.1 Å². The highest BCUT2D eigenvalue weighted by Gasteiger charge is 2.21. The van der Waals surface area contributed by atoms with E-state index >= 15 is 0 Å². The maximum absolute atomic E-state index is 12.2. The summed E-state index contributed by atoms with van der Waals surface area (Å²) in [6.07, 6.45) is 1.16. The van der Waals surface area contributed by atoms with Crippen molar-refractivity contribution in [2.24, 2.45) is 0 Å². The molecular formula is C19H20N2O3. The largest absolute Gasteiger partial charge is 0.417 e. The van der Waals surface area contributed by atoms with Crippen molar-refractivity contribution >= 4 is 22.7 Å². The Balaban J connectivity index is 1.63. The number of hydrogen-bond donors (Lipinski definition) is 2. The quantitative estimate of drug-likeness (QED) is 0.749. The molecule has 3 aromatic rings. The van der Waals surface area contributed by atoms with Crippen LogP contribution >= 0.6 is 0 Å². The molecule has 2 aromatic carbocycles. The van der Waals surface area contributed by atoms with Crippen molar-refractivity contribution in [2.45, 2.75) is 32.1 Å². The van der Waals surface area contributed by atoms with Crippen LogP contribution in [-0.4, -0.2) is 10.9 Å². The van der Waals surface area contributed by atoms with Crippen LogP contribution in [0.4, 0.5) is 5.69 Å². The highest BCUT2D eigenvalue weighted by Crippen LogP contribution is 2.28. The van der Waals surface area contributed by atoms with E-state index in [1.54, 1.807) is 18.2 Å². The number of nitrogens with one attached hydrogen (secondary N) is 2. The molecule has 2 N–H and O–H groups in total. The van der Waals surface area contributed by atoms with E-state index in [0.717, 1.165) is 6.42 Å². The third-order valence-electron chi connectivity index (χ3n) is 4.24. The average molecular weight is 324 g/mol. The van der Waals surface area contributed by atoms with Gasteiger partial charge in [0.1, 0.15) is 0 Å². The summed E-state index contributed by atoms with van der Waals surface area (Å²) in [5.41, 5.74) is 2.83. The molecule has 0 saturated heterocycles. The zero-order chi connectivity index (χ0) is 17.2. The average Bonchev–Trinajstić information content (AvgIpc) is 2.93. The van der Waals surface area contributed by atoms with Crippen LogP contribution in [0.25, 0.3) is 11.1 Å². The van der Waals surface area contributed by atoms with Crippen molar-refractivity contribution in [1.82, 2.24) is 4.98 Å². The molecular weight excluding hydrogens is 304 g/mol. The lowest BCUT2D eigenvalue weighted by molar-refractivity contribution is -0.116. The molecule has 0 aliphatic rings. The molecule has 1 heterocycles. The number of aromatic amines is 1. The summed E-state index contributed by atoms with van der Waals surface area (Å²) in [4.78, 5) is 26.0. The van der Waals surface area contributed by atoms with E-state index in [9.17, 15) is 9.59 Å². The topological polar surface area (TPSA) is 75.1 Å². The summed E-state index contributed by atoms with van der Waals surface area (Å²) in [5.74, 6) is -0.553. The van der Waals surface area contributed by atoms with Gasteiger partial charge < -0.3 is 9.73 Å². The van der Waals surface area contributed by atoms with Gasteiger partial charge in [-0.05, 0) is 35.6 Å². The standard InChI is InChI=1S/C19H20N2O3/c1-19(2,13-6-4-3-5-7-13)11-10-17(22)20-14-8-9-16-15(12-14)21-18(23)24-16/h3-9,12H,10-11H2,1-2H3,(H,20,22)(H,21,23). The number of amides is 1. The lowest BCUT2D eigenvalue weighted by Crippen LogP contribution is -2.21. The third kappa shape index (κ3) is 3.56. The Morgan fingerprint density at radius 3 is 2.67 bits per heavy atom. The van der Waals surface area contributed by atoms with E-state index in [0.29, 0.717) is 23.2 Å². The van der Waals surface area contributed by atoms with Crippen LogP contribution in [-0.2, 0) is 10.2 Å². The van der Waals surface area contributed by atoms with E-state index < -0.39 is 5.76 Å². The summed E-state index contributed by atoms with van der Waals surface area (Å²) in [7, 11) is 0. The minimum absolute atomic E-state index is 0.0517. The number of H-pyrrole nitrogens is 1. The van der Waals surface area contributed by atoms with Gasteiger partial charge in [-0.2, -0.15) is 0 Å². The second-order valence-electron chi connectivity index (χ2n) is 6.52. The molecule has 0 unspecified atom stereocenters. The van der Waals surface area contributed by atoms with E-state index in [1.807, 2.05) is 18.2 Å². The number of carbonyl (C=O) groups excluding carboxylic acids is 1. The first kappa shape index (κ1) is 16.1. The zero-order valence-corrected chi connectivity index (χ0v) is 13.8. The number of hydrogen-bond acceptors (Lipinski definition) is 3. The van der Waals surface area contributed by atoms with Crippen molar-refractivity contribution in [3.8, 4) is 0 Å². The molecule has 1 aromatic heterocycles. The molecule has 0 atom stereocenters. The maximum atomic E-state index is 12.2. The molecule has 0 spiro atoms. The van der Waals surface area contributed by atoms with E-state index in [2.05, 4.69) is 36.3 Å². The summed E-state index contributed by atoms with van der Waals surface area (Å²) < 4.78 is 4.95. The van der Waals surface area contributed by atoms with Crippen molar-refractivity contribution in [2.75, 3.05) is 5.32 Å². The molecule has 5 heteroatoms. The summed E-state index contributed by atoms with van der Waals surface area (Å²) in [6, 6.07) is 15.3. The molecule has 124 valence electrons. The molecule has 0 radical (unpaired) electrons. The predicted molar refractivity (Wildman–Crippen MR) is 94.2 cm³/mol. The number of rotatable bonds is 5. The number of carbonyl (C=O) groups is 1. The van der Waals surface area contributed by atoms with E-state index in [4.69, 9.17) is 4.42 Å². The van der Waals surface area contributed by atoms with Gasteiger partial charge in [-0.25, -0.2) is 4.79 Å². The minimum Gasteiger partial charge on any atom is -0.408 e. The van der Waals surface area contributed by atoms with Gasteiger partial charge in [-0.3, -0.25) is 9.78 Å². The normalized spacial score (nSPS) is 11.6. The Kier molecular flexibility index (Phi) is 4.25. The van der Waals surface area contributed by atoms with Crippen LogP contribution in [0.15, 0.2) is 57.7 Å². The number of anilines is 1. The fourth-order valence-corrected chi connectivity index (χ4v) is 2.71. The van der Waals surface area contributed by atoms with Crippen LogP contribution in [0.5, 0.6) is 0 Å². The highest BCUT2D eigenvalue weighted by atomic mass is 16.4. The summed E-state index contributed by atoms with van der Waals surface area (Å²) >= 11 is 0. The van der Waals surface area contributed by atoms with Gasteiger partial charge in [-0.1, -0.05) is 44.2 Å². The Hall–Kier alpha value is -2.82. The first-order valence-corrected chi connectivity index (χ1v) is 7.92. The van der Waals surface area contributed by atoms with Crippen molar-refractivity contribution in [3.63, 3.8) is 0 Å². The van der Waals surface area contributed by atoms with Crippen LogP contribution in [0.2, 0.25) is 0 Å². The van der Waals surface area contributed by atoms with Gasteiger partial charge in [-0.15, -0.1) is 0 Å². The summed E-state index contributed by atoms with van der Waals surface area (Å²) in [6.45, 7) is 4.27. The van der Waals surface area contributed by atoms with Gasteiger partial charge in [0.2, 0.25) is 5.91 Å². The Morgan fingerprint density at radius 2 is 1.92 bits per heavy atom. The fraction of sp³-hybridized carbons (Fsp3) is 0.263.